The lowest BCUT2D eigenvalue weighted by Crippen LogP contribution is -2.40. The summed E-state index contributed by atoms with van der Waals surface area (Å²) >= 11 is 0. The molecule has 1 N–H and O–H groups in total. The molecule has 0 aliphatic heterocycles. The molecule has 1 aromatic heterocycles. The maximum Gasteiger partial charge on any atom is 0.247 e. The van der Waals surface area contributed by atoms with Gasteiger partial charge >= 0.3 is 0 Å². The van der Waals surface area contributed by atoms with Gasteiger partial charge in [-0.1, -0.05) is 44.9 Å². The molecule has 1 fully saturated rings. The summed E-state index contributed by atoms with van der Waals surface area (Å²) in [7, 11) is 0. The van der Waals surface area contributed by atoms with Crippen LogP contribution in [-0.4, -0.2) is 22.1 Å². The monoisotopic (exact) mass is 383 g/mol. The van der Waals surface area contributed by atoms with Gasteiger partial charge in [0.05, 0.1) is 0 Å². The highest BCUT2D eigenvalue weighted by molar-refractivity contribution is 5.76. The lowest BCUT2D eigenvalue weighted by Gasteiger charge is -2.39. The van der Waals surface area contributed by atoms with Gasteiger partial charge in [-0.05, 0) is 56.1 Å². The van der Waals surface area contributed by atoms with Crippen molar-refractivity contribution in [2.45, 2.75) is 78.7 Å². The number of hydrogen-bond acceptors (Lipinski definition) is 4. The van der Waals surface area contributed by atoms with Gasteiger partial charge in [0.25, 0.3) is 0 Å². The van der Waals surface area contributed by atoms with Crippen LogP contribution in [0, 0.1) is 18.3 Å². The Morgan fingerprint density at radius 3 is 2.46 bits per heavy atom. The fourth-order valence-electron chi connectivity index (χ4n) is 4.00. The third-order valence-corrected chi connectivity index (χ3v) is 6.44. The molecule has 1 aliphatic carbocycles. The number of carbonyl (C=O) groups excluding carboxylic acids is 1. The predicted molar refractivity (Wildman–Crippen MR) is 111 cm³/mol. The lowest BCUT2D eigenvalue weighted by molar-refractivity contribution is -0.122. The van der Waals surface area contributed by atoms with Gasteiger partial charge in [-0.25, -0.2) is 0 Å². The molecule has 5 nitrogen and oxygen atoms in total. The molecule has 0 saturated heterocycles. The average molecular weight is 384 g/mol. The largest absolute Gasteiger partial charge is 0.421 e. The summed E-state index contributed by atoms with van der Waals surface area (Å²) in [5, 5.41) is 11.4. The highest BCUT2D eigenvalue weighted by Gasteiger charge is 2.32. The number of nitrogens with one attached hydrogen (secondary N) is 1. The zero-order valence-electron chi connectivity index (χ0n) is 17.6. The fraction of sp³-hybridized carbons (Fsp3) is 0.609. The van der Waals surface area contributed by atoms with Crippen LogP contribution in [0.15, 0.2) is 28.7 Å². The third kappa shape index (κ3) is 5.21. The van der Waals surface area contributed by atoms with Crippen molar-refractivity contribution in [3.8, 4) is 11.5 Å². The molecule has 5 heteroatoms. The second kappa shape index (κ2) is 8.89. The summed E-state index contributed by atoms with van der Waals surface area (Å²) < 4.78 is 5.71. The van der Waals surface area contributed by atoms with Crippen LogP contribution in [0.1, 0.15) is 70.8 Å². The number of benzene rings is 1. The van der Waals surface area contributed by atoms with Crippen LogP contribution < -0.4 is 5.32 Å². The lowest BCUT2D eigenvalue weighted by atomic mass is 9.69. The van der Waals surface area contributed by atoms with Gasteiger partial charge in [-0.3, -0.25) is 4.79 Å². The number of hydrogen-bond donors (Lipinski definition) is 1. The number of amides is 1. The molecular weight excluding hydrogens is 350 g/mol. The first-order chi connectivity index (χ1) is 13.4. The van der Waals surface area contributed by atoms with Gasteiger partial charge in [0.1, 0.15) is 0 Å². The number of aromatic nitrogens is 2. The van der Waals surface area contributed by atoms with E-state index in [0.29, 0.717) is 36.1 Å². The molecule has 1 aliphatic rings. The molecule has 1 aromatic carbocycles. The Morgan fingerprint density at radius 1 is 1.14 bits per heavy atom. The maximum atomic E-state index is 12.3. The molecule has 0 bridgehead atoms. The molecule has 152 valence electrons. The molecule has 0 unspecified atom stereocenters. The van der Waals surface area contributed by atoms with Crippen LogP contribution in [0.25, 0.3) is 11.5 Å². The van der Waals surface area contributed by atoms with Crippen molar-refractivity contribution in [2.24, 2.45) is 11.3 Å². The summed E-state index contributed by atoms with van der Waals surface area (Å²) in [6.45, 7) is 9.05. The zero-order valence-corrected chi connectivity index (χ0v) is 17.6. The standard InChI is InChI=1S/C23H33N3O2/c1-5-23(3,4)18-10-12-19(13-11-18)24-20(27)14-15-21-25-26-22(28-21)17-8-6-16(2)7-9-17/h6-9,18-19H,5,10-15H2,1-4H3,(H,24,27). The molecule has 0 atom stereocenters. The topological polar surface area (TPSA) is 68.0 Å². The maximum absolute atomic E-state index is 12.3. The summed E-state index contributed by atoms with van der Waals surface area (Å²) in [6.07, 6.45) is 6.64. The fourth-order valence-corrected chi connectivity index (χ4v) is 4.00. The molecule has 2 aromatic rings. The summed E-state index contributed by atoms with van der Waals surface area (Å²) in [5.74, 6) is 1.86. The number of carbonyl (C=O) groups is 1. The smallest absolute Gasteiger partial charge is 0.247 e. The van der Waals surface area contributed by atoms with Crippen LogP contribution >= 0.6 is 0 Å². The summed E-state index contributed by atoms with van der Waals surface area (Å²) in [4.78, 5) is 12.3. The Balaban J connectivity index is 1.43. The Morgan fingerprint density at radius 2 is 1.82 bits per heavy atom. The van der Waals surface area contributed by atoms with Crippen molar-refractivity contribution >= 4 is 5.91 Å². The first-order valence-electron chi connectivity index (χ1n) is 10.6. The number of rotatable bonds is 7. The number of nitrogens with zero attached hydrogens (tertiary/aromatic N) is 2. The molecule has 1 amide bonds. The molecule has 0 spiro atoms. The second-order valence-corrected chi connectivity index (χ2v) is 8.83. The van der Waals surface area contributed by atoms with E-state index in [2.05, 4.69) is 36.3 Å². The minimum atomic E-state index is 0.0771. The quantitative estimate of drug-likeness (QED) is 0.723. The molecule has 3 rings (SSSR count). The van der Waals surface area contributed by atoms with Crippen LogP contribution in [0.5, 0.6) is 0 Å². The van der Waals surface area contributed by atoms with Gasteiger partial charge in [0.2, 0.25) is 17.7 Å². The molecule has 1 saturated carbocycles. The van der Waals surface area contributed by atoms with Crippen molar-refractivity contribution in [2.75, 3.05) is 0 Å². The van der Waals surface area contributed by atoms with E-state index in [9.17, 15) is 4.79 Å². The highest BCUT2D eigenvalue weighted by atomic mass is 16.4. The van der Waals surface area contributed by atoms with Crippen LogP contribution in [0.4, 0.5) is 0 Å². The van der Waals surface area contributed by atoms with Gasteiger partial charge in [0, 0.05) is 24.4 Å². The Kier molecular flexibility index (Phi) is 6.53. The van der Waals surface area contributed by atoms with Gasteiger partial charge in [-0.15, -0.1) is 10.2 Å². The van der Waals surface area contributed by atoms with Gasteiger partial charge in [0.15, 0.2) is 0 Å². The average Bonchev–Trinajstić information content (AvgIpc) is 3.16. The summed E-state index contributed by atoms with van der Waals surface area (Å²) in [6, 6.07) is 8.28. The van der Waals surface area contributed by atoms with E-state index in [-0.39, 0.29) is 5.91 Å². The van der Waals surface area contributed by atoms with Gasteiger partial charge < -0.3 is 9.73 Å². The van der Waals surface area contributed by atoms with Crippen molar-refractivity contribution in [1.82, 2.24) is 15.5 Å². The molecule has 1 heterocycles. The van der Waals surface area contributed by atoms with Crippen molar-refractivity contribution in [3.63, 3.8) is 0 Å². The third-order valence-electron chi connectivity index (χ3n) is 6.44. The normalized spacial score (nSPS) is 20.1. The second-order valence-electron chi connectivity index (χ2n) is 8.83. The van der Waals surface area contributed by atoms with E-state index in [0.717, 1.165) is 24.3 Å². The van der Waals surface area contributed by atoms with E-state index >= 15 is 0 Å². The van der Waals surface area contributed by atoms with Crippen LogP contribution in [-0.2, 0) is 11.2 Å². The Hall–Kier alpha value is -2.17. The molecule has 28 heavy (non-hydrogen) atoms. The van der Waals surface area contributed by atoms with Crippen molar-refractivity contribution in [3.05, 3.63) is 35.7 Å². The predicted octanol–water partition coefficient (Wildman–Crippen LogP) is 5.09. The molecule has 0 radical (unpaired) electrons. The minimum Gasteiger partial charge on any atom is -0.421 e. The van der Waals surface area contributed by atoms with Crippen LogP contribution in [0.2, 0.25) is 0 Å². The Labute approximate surface area is 168 Å². The van der Waals surface area contributed by atoms with Crippen molar-refractivity contribution in [1.29, 1.82) is 0 Å². The van der Waals surface area contributed by atoms with Crippen molar-refractivity contribution < 1.29 is 9.21 Å². The van der Waals surface area contributed by atoms with E-state index in [1.165, 1.54) is 24.8 Å². The first kappa shape index (κ1) is 20.6. The van der Waals surface area contributed by atoms with E-state index in [1.54, 1.807) is 0 Å². The summed E-state index contributed by atoms with van der Waals surface area (Å²) in [5.41, 5.74) is 2.50. The van der Waals surface area contributed by atoms with E-state index in [1.807, 2.05) is 31.2 Å². The SMILES string of the molecule is CCC(C)(C)C1CCC(NC(=O)CCc2nnc(-c3ccc(C)cc3)o2)CC1. The van der Waals surface area contributed by atoms with E-state index < -0.39 is 0 Å². The Bertz CT molecular complexity index is 771. The van der Waals surface area contributed by atoms with Gasteiger partial charge in [-0.2, -0.15) is 0 Å². The highest BCUT2D eigenvalue weighted by Crippen LogP contribution is 2.40. The number of aryl methyl sites for hydroxylation is 2. The molecular formula is C23H33N3O2. The zero-order chi connectivity index (χ0) is 20.1. The van der Waals surface area contributed by atoms with Crippen LogP contribution in [0.3, 0.4) is 0 Å². The first-order valence-corrected chi connectivity index (χ1v) is 10.6. The van der Waals surface area contributed by atoms with E-state index in [4.69, 9.17) is 4.42 Å². The minimum absolute atomic E-state index is 0.0771.